The van der Waals surface area contributed by atoms with Crippen molar-refractivity contribution in [3.63, 3.8) is 0 Å². The SMILES string of the molecule is COc1ccc(/C=C/C(=O)N2CCN(c3cc(Nc4cc(C)ccn4)nc(C)n3)CC2)cc1. The second kappa shape index (κ2) is 10.1. The number of benzene rings is 1. The molecule has 1 aromatic carbocycles. The molecule has 33 heavy (non-hydrogen) atoms. The standard InChI is InChI=1S/C25H28N6O2/c1-18-10-11-26-22(16-18)29-23-17-24(28-19(2)27-23)30-12-14-31(15-13-30)25(32)9-6-20-4-7-21(33-3)8-5-20/h4-11,16-17H,12-15H2,1-3H3,(H,26,27,28,29)/b9-6+. The Morgan fingerprint density at radius 3 is 2.45 bits per heavy atom. The van der Waals surface area contributed by atoms with Gasteiger partial charge in [-0.25, -0.2) is 15.0 Å². The van der Waals surface area contributed by atoms with Gasteiger partial charge in [0.25, 0.3) is 0 Å². The molecular weight excluding hydrogens is 416 g/mol. The van der Waals surface area contributed by atoms with Crippen molar-refractivity contribution in [1.29, 1.82) is 0 Å². The Labute approximate surface area is 194 Å². The van der Waals surface area contributed by atoms with E-state index in [-0.39, 0.29) is 5.91 Å². The summed E-state index contributed by atoms with van der Waals surface area (Å²) in [6.45, 7) is 6.59. The third-order valence-electron chi connectivity index (χ3n) is 5.45. The van der Waals surface area contributed by atoms with Gasteiger partial charge in [0.1, 0.15) is 29.0 Å². The van der Waals surface area contributed by atoms with Crippen LogP contribution < -0.4 is 15.0 Å². The highest BCUT2D eigenvalue weighted by atomic mass is 16.5. The van der Waals surface area contributed by atoms with Crippen molar-refractivity contribution < 1.29 is 9.53 Å². The Balaban J connectivity index is 1.36. The molecule has 3 heterocycles. The number of hydrogen-bond acceptors (Lipinski definition) is 7. The average Bonchev–Trinajstić information content (AvgIpc) is 2.82. The van der Waals surface area contributed by atoms with E-state index in [2.05, 4.69) is 25.2 Å². The van der Waals surface area contributed by atoms with Crippen LogP contribution in [0.5, 0.6) is 5.75 Å². The van der Waals surface area contributed by atoms with Crippen molar-refractivity contribution in [2.45, 2.75) is 13.8 Å². The molecule has 8 heteroatoms. The highest BCUT2D eigenvalue weighted by molar-refractivity contribution is 5.92. The highest BCUT2D eigenvalue weighted by Crippen LogP contribution is 2.21. The fraction of sp³-hybridized carbons (Fsp3) is 0.280. The summed E-state index contributed by atoms with van der Waals surface area (Å²) in [4.78, 5) is 30.1. The molecule has 0 bridgehead atoms. The molecule has 8 nitrogen and oxygen atoms in total. The molecule has 1 aliphatic rings. The normalized spacial score (nSPS) is 13.9. The van der Waals surface area contributed by atoms with Gasteiger partial charge < -0.3 is 19.9 Å². The van der Waals surface area contributed by atoms with E-state index in [0.29, 0.717) is 37.8 Å². The number of carbonyl (C=O) groups is 1. The first-order valence-electron chi connectivity index (χ1n) is 10.9. The molecule has 0 unspecified atom stereocenters. The third kappa shape index (κ3) is 5.85. The van der Waals surface area contributed by atoms with Crippen molar-refractivity contribution in [2.75, 3.05) is 43.5 Å². The Bertz CT molecular complexity index is 1140. The number of amides is 1. The van der Waals surface area contributed by atoms with Crippen LogP contribution in [0.15, 0.2) is 54.7 Å². The predicted octanol–water partition coefficient (Wildman–Crippen LogP) is 3.60. The number of piperazine rings is 1. The predicted molar refractivity (Wildman–Crippen MR) is 130 cm³/mol. The van der Waals surface area contributed by atoms with Crippen LogP contribution in [0.4, 0.5) is 17.5 Å². The van der Waals surface area contributed by atoms with Crippen LogP contribution in [0, 0.1) is 13.8 Å². The van der Waals surface area contributed by atoms with Gasteiger partial charge in [-0.1, -0.05) is 12.1 Å². The van der Waals surface area contributed by atoms with Gasteiger partial charge >= 0.3 is 0 Å². The zero-order chi connectivity index (χ0) is 23.2. The van der Waals surface area contributed by atoms with Gasteiger partial charge in [-0.2, -0.15) is 0 Å². The number of rotatable bonds is 6. The molecule has 0 spiro atoms. The van der Waals surface area contributed by atoms with Crippen LogP contribution in [0.1, 0.15) is 17.0 Å². The molecule has 0 radical (unpaired) electrons. The lowest BCUT2D eigenvalue weighted by atomic mass is 10.2. The van der Waals surface area contributed by atoms with Crippen LogP contribution in [-0.4, -0.2) is 59.0 Å². The Hall–Kier alpha value is -3.94. The molecule has 170 valence electrons. The molecule has 1 amide bonds. The number of carbonyl (C=O) groups excluding carboxylic acids is 1. The first-order valence-corrected chi connectivity index (χ1v) is 10.9. The number of nitrogens with zero attached hydrogens (tertiary/aromatic N) is 5. The monoisotopic (exact) mass is 444 g/mol. The fourth-order valence-corrected chi connectivity index (χ4v) is 3.66. The number of aryl methyl sites for hydroxylation is 2. The zero-order valence-corrected chi connectivity index (χ0v) is 19.2. The summed E-state index contributed by atoms with van der Waals surface area (Å²) in [7, 11) is 1.63. The minimum atomic E-state index is 0.0113. The lowest BCUT2D eigenvalue weighted by molar-refractivity contribution is -0.126. The summed E-state index contributed by atoms with van der Waals surface area (Å²) in [5, 5.41) is 3.26. The van der Waals surface area contributed by atoms with Gasteiger partial charge in [0.15, 0.2) is 0 Å². The van der Waals surface area contributed by atoms with Crippen LogP contribution in [0.2, 0.25) is 0 Å². The van der Waals surface area contributed by atoms with Gasteiger partial charge in [0.05, 0.1) is 7.11 Å². The second-order valence-corrected chi connectivity index (χ2v) is 7.92. The van der Waals surface area contributed by atoms with E-state index in [1.807, 2.05) is 67.3 Å². The zero-order valence-electron chi connectivity index (χ0n) is 19.2. The van der Waals surface area contributed by atoms with E-state index in [9.17, 15) is 4.79 Å². The smallest absolute Gasteiger partial charge is 0.246 e. The van der Waals surface area contributed by atoms with Gasteiger partial charge in [-0.15, -0.1) is 0 Å². The molecule has 1 aliphatic heterocycles. The lowest BCUT2D eigenvalue weighted by Crippen LogP contribution is -2.48. The van der Waals surface area contributed by atoms with E-state index in [1.54, 1.807) is 19.4 Å². The van der Waals surface area contributed by atoms with Crippen molar-refractivity contribution in [3.05, 3.63) is 71.7 Å². The average molecular weight is 445 g/mol. The maximum Gasteiger partial charge on any atom is 0.246 e. The van der Waals surface area contributed by atoms with E-state index in [4.69, 9.17) is 4.74 Å². The first-order chi connectivity index (χ1) is 16.0. The Morgan fingerprint density at radius 1 is 1.00 bits per heavy atom. The fourth-order valence-electron chi connectivity index (χ4n) is 3.66. The van der Waals surface area contributed by atoms with Gasteiger partial charge in [-0.3, -0.25) is 4.79 Å². The molecule has 0 saturated carbocycles. The maximum atomic E-state index is 12.6. The van der Waals surface area contributed by atoms with Gasteiger partial charge in [0, 0.05) is 44.5 Å². The molecule has 0 aliphatic carbocycles. The van der Waals surface area contributed by atoms with Gasteiger partial charge in [-0.05, 0) is 55.3 Å². The number of nitrogens with one attached hydrogen (secondary N) is 1. The number of ether oxygens (including phenoxy) is 1. The number of pyridine rings is 1. The molecule has 1 saturated heterocycles. The van der Waals surface area contributed by atoms with Crippen LogP contribution in [-0.2, 0) is 4.79 Å². The number of hydrogen-bond donors (Lipinski definition) is 1. The van der Waals surface area contributed by atoms with Crippen molar-refractivity contribution in [2.24, 2.45) is 0 Å². The second-order valence-electron chi connectivity index (χ2n) is 7.92. The summed E-state index contributed by atoms with van der Waals surface area (Å²) < 4.78 is 5.17. The van der Waals surface area contributed by atoms with Crippen molar-refractivity contribution >= 4 is 29.4 Å². The van der Waals surface area contributed by atoms with Crippen LogP contribution in [0.25, 0.3) is 6.08 Å². The van der Waals surface area contributed by atoms with Crippen LogP contribution in [0.3, 0.4) is 0 Å². The molecule has 1 N–H and O–H groups in total. The quantitative estimate of drug-likeness (QED) is 0.582. The lowest BCUT2D eigenvalue weighted by Gasteiger charge is -2.35. The third-order valence-corrected chi connectivity index (χ3v) is 5.45. The van der Waals surface area contributed by atoms with Crippen molar-refractivity contribution in [3.8, 4) is 5.75 Å². The maximum absolute atomic E-state index is 12.6. The molecule has 1 fully saturated rings. The molecular formula is C25H28N6O2. The number of methoxy groups -OCH3 is 1. The van der Waals surface area contributed by atoms with E-state index in [1.165, 1.54) is 0 Å². The summed E-state index contributed by atoms with van der Waals surface area (Å²) in [6, 6.07) is 13.5. The van der Waals surface area contributed by atoms with E-state index in [0.717, 1.165) is 28.5 Å². The molecule has 4 rings (SSSR count). The highest BCUT2D eigenvalue weighted by Gasteiger charge is 2.21. The first kappa shape index (κ1) is 22.3. The summed E-state index contributed by atoms with van der Waals surface area (Å²) in [5.74, 6) is 3.79. The largest absolute Gasteiger partial charge is 0.497 e. The minimum absolute atomic E-state index is 0.0113. The Kier molecular flexibility index (Phi) is 6.83. The minimum Gasteiger partial charge on any atom is -0.497 e. The van der Waals surface area contributed by atoms with Gasteiger partial charge in [0.2, 0.25) is 5.91 Å². The van der Waals surface area contributed by atoms with E-state index >= 15 is 0 Å². The Morgan fingerprint density at radius 2 is 1.76 bits per heavy atom. The molecule has 0 atom stereocenters. The number of anilines is 3. The summed E-state index contributed by atoms with van der Waals surface area (Å²) in [5.41, 5.74) is 2.09. The van der Waals surface area contributed by atoms with Crippen LogP contribution >= 0.6 is 0 Å². The van der Waals surface area contributed by atoms with Crippen molar-refractivity contribution in [1.82, 2.24) is 19.9 Å². The molecule has 2 aromatic heterocycles. The topological polar surface area (TPSA) is 83.5 Å². The molecule has 3 aromatic rings. The van der Waals surface area contributed by atoms with E-state index < -0.39 is 0 Å². The number of aromatic nitrogens is 3. The summed E-state index contributed by atoms with van der Waals surface area (Å²) >= 11 is 0. The summed E-state index contributed by atoms with van der Waals surface area (Å²) in [6.07, 6.45) is 5.23.